The van der Waals surface area contributed by atoms with Gasteiger partial charge in [-0.2, -0.15) is 4.91 Å². The van der Waals surface area contributed by atoms with Crippen LogP contribution in [0.1, 0.15) is 0 Å². The SMILES string of the molecule is O=NC1C(O)[C@H](O)C(CO)O[C@@H]1O. The molecule has 1 saturated heterocycles. The van der Waals surface area contributed by atoms with Crippen molar-refractivity contribution in [3.05, 3.63) is 4.91 Å². The van der Waals surface area contributed by atoms with Gasteiger partial charge in [0.25, 0.3) is 0 Å². The van der Waals surface area contributed by atoms with E-state index in [0.717, 1.165) is 0 Å². The van der Waals surface area contributed by atoms with Crippen molar-refractivity contribution < 1.29 is 25.2 Å². The fraction of sp³-hybridized carbons (Fsp3) is 1.00. The van der Waals surface area contributed by atoms with Gasteiger partial charge < -0.3 is 25.2 Å². The first-order chi connectivity index (χ1) is 6.11. The topological polar surface area (TPSA) is 120 Å². The zero-order chi connectivity index (χ0) is 10.0. The van der Waals surface area contributed by atoms with E-state index in [-0.39, 0.29) is 0 Å². The molecule has 1 aliphatic rings. The van der Waals surface area contributed by atoms with E-state index in [1.165, 1.54) is 0 Å². The Labute approximate surface area is 73.5 Å². The molecule has 1 heterocycles. The molecule has 0 bridgehead atoms. The number of aliphatic hydroxyl groups is 4. The van der Waals surface area contributed by atoms with Crippen LogP contribution < -0.4 is 0 Å². The monoisotopic (exact) mass is 193 g/mol. The molecule has 3 unspecified atom stereocenters. The average Bonchev–Trinajstić information content (AvgIpc) is 2.12. The molecule has 0 spiro atoms. The predicted molar refractivity (Wildman–Crippen MR) is 39.6 cm³/mol. The minimum atomic E-state index is -1.59. The molecular formula is C6H11NO6. The van der Waals surface area contributed by atoms with Crippen LogP contribution in [0.15, 0.2) is 5.18 Å². The summed E-state index contributed by atoms with van der Waals surface area (Å²) >= 11 is 0. The van der Waals surface area contributed by atoms with Crippen LogP contribution in [0.2, 0.25) is 0 Å². The summed E-state index contributed by atoms with van der Waals surface area (Å²) in [5.41, 5.74) is 0. The van der Waals surface area contributed by atoms with E-state index in [0.29, 0.717) is 0 Å². The molecule has 0 radical (unpaired) electrons. The number of ether oxygens (including phenoxy) is 1. The van der Waals surface area contributed by atoms with Crippen molar-refractivity contribution in [2.24, 2.45) is 5.18 Å². The van der Waals surface area contributed by atoms with Crippen molar-refractivity contribution in [2.45, 2.75) is 30.6 Å². The Morgan fingerprint density at radius 2 is 1.85 bits per heavy atom. The van der Waals surface area contributed by atoms with Crippen molar-refractivity contribution in [1.82, 2.24) is 0 Å². The largest absolute Gasteiger partial charge is 0.394 e. The molecule has 0 aliphatic carbocycles. The number of hydrogen-bond donors (Lipinski definition) is 4. The Kier molecular flexibility index (Phi) is 3.28. The Morgan fingerprint density at radius 3 is 2.31 bits per heavy atom. The first-order valence-corrected chi connectivity index (χ1v) is 3.74. The zero-order valence-corrected chi connectivity index (χ0v) is 6.65. The van der Waals surface area contributed by atoms with Crippen molar-refractivity contribution in [2.75, 3.05) is 6.61 Å². The Hall–Kier alpha value is -0.600. The molecule has 1 aliphatic heterocycles. The number of nitrogens with zero attached hydrogens (tertiary/aromatic N) is 1. The van der Waals surface area contributed by atoms with Crippen LogP contribution in [0.5, 0.6) is 0 Å². The van der Waals surface area contributed by atoms with Crippen LogP contribution in [-0.2, 0) is 4.74 Å². The molecule has 5 atom stereocenters. The second kappa shape index (κ2) is 4.07. The first-order valence-electron chi connectivity index (χ1n) is 3.74. The average molecular weight is 193 g/mol. The predicted octanol–water partition coefficient (Wildman–Crippen LogP) is -2.45. The van der Waals surface area contributed by atoms with Gasteiger partial charge in [0.2, 0.25) is 0 Å². The smallest absolute Gasteiger partial charge is 0.183 e. The van der Waals surface area contributed by atoms with Crippen molar-refractivity contribution in [3.8, 4) is 0 Å². The Balaban J connectivity index is 2.72. The van der Waals surface area contributed by atoms with Gasteiger partial charge in [-0.1, -0.05) is 5.18 Å². The fourth-order valence-electron chi connectivity index (χ4n) is 1.20. The molecule has 1 rings (SSSR count). The highest BCUT2D eigenvalue weighted by Crippen LogP contribution is 2.21. The van der Waals surface area contributed by atoms with E-state index in [1.807, 2.05) is 0 Å². The molecule has 13 heavy (non-hydrogen) atoms. The number of hydrogen-bond acceptors (Lipinski definition) is 7. The van der Waals surface area contributed by atoms with Crippen molar-refractivity contribution in [1.29, 1.82) is 0 Å². The summed E-state index contributed by atoms with van der Waals surface area (Å²) in [6, 6.07) is -1.42. The molecular weight excluding hydrogens is 182 g/mol. The van der Waals surface area contributed by atoms with Crippen LogP contribution >= 0.6 is 0 Å². The van der Waals surface area contributed by atoms with Crippen LogP contribution in [0.3, 0.4) is 0 Å². The van der Waals surface area contributed by atoms with Gasteiger partial charge in [-0.3, -0.25) is 0 Å². The second-order valence-corrected chi connectivity index (χ2v) is 2.82. The Bertz CT molecular complexity index is 188. The van der Waals surface area contributed by atoms with Crippen LogP contribution in [0.4, 0.5) is 0 Å². The van der Waals surface area contributed by atoms with Gasteiger partial charge in [0.1, 0.15) is 18.3 Å². The summed E-state index contributed by atoms with van der Waals surface area (Å²) in [7, 11) is 0. The van der Waals surface area contributed by atoms with E-state index in [4.69, 9.17) is 10.2 Å². The van der Waals surface area contributed by atoms with Gasteiger partial charge >= 0.3 is 0 Å². The third kappa shape index (κ3) is 1.84. The van der Waals surface area contributed by atoms with Crippen molar-refractivity contribution in [3.63, 3.8) is 0 Å². The Morgan fingerprint density at radius 1 is 1.23 bits per heavy atom. The van der Waals surface area contributed by atoms with Crippen LogP contribution in [0, 0.1) is 4.91 Å². The molecule has 0 aromatic rings. The summed E-state index contributed by atoms with van der Waals surface area (Å²) in [6.07, 6.45) is -5.62. The lowest BCUT2D eigenvalue weighted by molar-refractivity contribution is -0.248. The molecule has 76 valence electrons. The van der Waals surface area contributed by atoms with Gasteiger partial charge in [0.15, 0.2) is 12.3 Å². The minimum Gasteiger partial charge on any atom is -0.394 e. The lowest BCUT2D eigenvalue weighted by Crippen LogP contribution is -2.57. The first kappa shape index (κ1) is 10.5. The lowest BCUT2D eigenvalue weighted by atomic mass is 9.98. The van der Waals surface area contributed by atoms with Gasteiger partial charge in [-0.05, 0) is 0 Å². The van der Waals surface area contributed by atoms with Gasteiger partial charge in [-0.15, -0.1) is 0 Å². The third-order valence-corrected chi connectivity index (χ3v) is 1.99. The van der Waals surface area contributed by atoms with Gasteiger partial charge in [0.05, 0.1) is 6.61 Å². The van der Waals surface area contributed by atoms with Crippen molar-refractivity contribution >= 4 is 0 Å². The third-order valence-electron chi connectivity index (χ3n) is 1.99. The van der Waals surface area contributed by atoms with E-state index in [1.54, 1.807) is 0 Å². The number of rotatable bonds is 2. The van der Waals surface area contributed by atoms with E-state index in [9.17, 15) is 15.1 Å². The molecule has 0 aromatic carbocycles. The highest BCUT2D eigenvalue weighted by molar-refractivity contribution is 4.92. The highest BCUT2D eigenvalue weighted by atomic mass is 16.6. The van der Waals surface area contributed by atoms with E-state index >= 15 is 0 Å². The maximum Gasteiger partial charge on any atom is 0.183 e. The number of nitroso groups, excluding NO2 is 1. The van der Waals surface area contributed by atoms with E-state index < -0.39 is 37.3 Å². The highest BCUT2D eigenvalue weighted by Gasteiger charge is 2.44. The molecule has 7 heteroatoms. The van der Waals surface area contributed by atoms with Gasteiger partial charge in [0, 0.05) is 0 Å². The summed E-state index contributed by atoms with van der Waals surface area (Å²) in [5.74, 6) is 0. The van der Waals surface area contributed by atoms with Crippen LogP contribution in [0.25, 0.3) is 0 Å². The van der Waals surface area contributed by atoms with Gasteiger partial charge in [-0.25, -0.2) is 0 Å². The lowest BCUT2D eigenvalue weighted by Gasteiger charge is -2.36. The normalized spacial score (nSPS) is 46.0. The standard InChI is InChI=1S/C6H11NO6/c8-1-2-4(9)5(10)3(7-12)6(11)13-2/h2-6,8-11H,1H2/t2?,3?,4-,5?,6+/m1/s1. The summed E-state index contributed by atoms with van der Waals surface area (Å²) in [5, 5.41) is 38.5. The minimum absolute atomic E-state index is 0.555. The maximum atomic E-state index is 10.1. The summed E-state index contributed by atoms with van der Waals surface area (Å²) < 4.78 is 4.62. The molecule has 4 N–H and O–H groups in total. The summed E-state index contributed by atoms with van der Waals surface area (Å²) in [6.45, 7) is -0.555. The zero-order valence-electron chi connectivity index (χ0n) is 6.65. The number of aliphatic hydroxyl groups excluding tert-OH is 4. The molecule has 1 fully saturated rings. The molecule has 7 nitrogen and oxygen atoms in total. The molecule has 0 saturated carbocycles. The fourth-order valence-corrected chi connectivity index (χ4v) is 1.20. The quantitative estimate of drug-likeness (QED) is 0.361. The molecule has 0 aromatic heterocycles. The summed E-state index contributed by atoms with van der Waals surface area (Å²) in [4.78, 5) is 10.1. The van der Waals surface area contributed by atoms with E-state index in [2.05, 4.69) is 9.91 Å². The van der Waals surface area contributed by atoms with Crippen LogP contribution in [-0.4, -0.2) is 57.7 Å². The second-order valence-electron chi connectivity index (χ2n) is 2.82. The maximum absolute atomic E-state index is 10.1. The molecule has 0 amide bonds.